The van der Waals surface area contributed by atoms with Gasteiger partial charge in [0, 0.05) is 11.3 Å². The number of hydrogen-bond donors (Lipinski definition) is 3. The van der Waals surface area contributed by atoms with Crippen molar-refractivity contribution in [2.24, 2.45) is 0 Å². The Morgan fingerprint density at radius 1 is 1.04 bits per heavy atom. The fourth-order valence-electron chi connectivity index (χ4n) is 2.26. The lowest BCUT2D eigenvalue weighted by Crippen LogP contribution is -2.43. The number of hydrazine groups is 1. The zero-order valence-electron chi connectivity index (χ0n) is 14.0. The number of thiocarbonyl (C=S) groups is 1. The van der Waals surface area contributed by atoms with Gasteiger partial charge in [0.05, 0.1) is 6.61 Å². The summed E-state index contributed by atoms with van der Waals surface area (Å²) in [4.78, 5) is 12.1. The largest absolute Gasteiger partial charge is 0.494 e. The number of rotatable bonds is 4. The van der Waals surface area contributed by atoms with E-state index in [-0.39, 0.29) is 5.91 Å². The maximum Gasteiger partial charge on any atom is 0.269 e. The van der Waals surface area contributed by atoms with Crippen LogP contribution in [0.2, 0.25) is 0 Å². The van der Waals surface area contributed by atoms with Crippen molar-refractivity contribution in [2.75, 3.05) is 11.9 Å². The number of ether oxygens (including phenoxy) is 1. The first-order valence-corrected chi connectivity index (χ1v) is 8.07. The molecule has 2 aromatic rings. The first-order valence-electron chi connectivity index (χ1n) is 7.66. The average Bonchev–Trinajstić information content (AvgIpc) is 2.52. The highest BCUT2D eigenvalue weighted by molar-refractivity contribution is 7.80. The molecule has 0 fully saturated rings. The molecular formula is C18H21N3O2S. The number of carbonyl (C=O) groups excluding carboxylic acids is 1. The smallest absolute Gasteiger partial charge is 0.269 e. The Hall–Kier alpha value is -2.60. The van der Waals surface area contributed by atoms with Crippen molar-refractivity contribution in [1.82, 2.24) is 10.9 Å². The van der Waals surface area contributed by atoms with E-state index in [0.29, 0.717) is 17.3 Å². The molecule has 1 amide bonds. The molecule has 0 saturated heterocycles. The third-order valence-electron chi connectivity index (χ3n) is 3.20. The van der Waals surface area contributed by atoms with Crippen LogP contribution in [0.1, 0.15) is 28.4 Å². The third kappa shape index (κ3) is 5.24. The Kier molecular flexibility index (Phi) is 6.14. The zero-order valence-corrected chi connectivity index (χ0v) is 14.8. The van der Waals surface area contributed by atoms with Crippen LogP contribution in [0.15, 0.2) is 42.5 Å². The van der Waals surface area contributed by atoms with Crippen LogP contribution in [-0.2, 0) is 0 Å². The molecule has 0 bridgehead atoms. The molecule has 2 aromatic carbocycles. The summed E-state index contributed by atoms with van der Waals surface area (Å²) in [5.74, 6) is 0.455. The lowest BCUT2D eigenvalue weighted by molar-refractivity contribution is 0.0944. The fourth-order valence-corrected chi connectivity index (χ4v) is 2.43. The number of amides is 1. The van der Waals surface area contributed by atoms with Gasteiger partial charge in [-0.25, -0.2) is 0 Å². The topological polar surface area (TPSA) is 62.4 Å². The molecule has 0 unspecified atom stereocenters. The molecule has 0 saturated carbocycles. The van der Waals surface area contributed by atoms with Crippen LogP contribution in [0.5, 0.6) is 5.75 Å². The third-order valence-corrected chi connectivity index (χ3v) is 3.40. The molecule has 2 rings (SSSR count). The van der Waals surface area contributed by atoms with Crippen LogP contribution in [0.4, 0.5) is 5.69 Å². The lowest BCUT2D eigenvalue weighted by atomic mass is 10.1. The van der Waals surface area contributed by atoms with Gasteiger partial charge in [0.15, 0.2) is 5.11 Å². The van der Waals surface area contributed by atoms with E-state index in [1.54, 1.807) is 24.3 Å². The van der Waals surface area contributed by atoms with E-state index in [1.807, 2.05) is 32.9 Å². The van der Waals surface area contributed by atoms with Gasteiger partial charge in [0.25, 0.3) is 5.91 Å². The summed E-state index contributed by atoms with van der Waals surface area (Å²) in [5.41, 5.74) is 8.93. The molecule has 0 aliphatic heterocycles. The first-order chi connectivity index (χ1) is 11.5. The second-order valence-corrected chi connectivity index (χ2v) is 5.78. The molecule has 0 heterocycles. The summed E-state index contributed by atoms with van der Waals surface area (Å²) in [6.45, 7) is 6.53. The molecule has 126 valence electrons. The van der Waals surface area contributed by atoms with Crippen LogP contribution < -0.4 is 20.9 Å². The van der Waals surface area contributed by atoms with E-state index in [0.717, 1.165) is 22.6 Å². The number of nitrogens with one attached hydrogen (secondary N) is 3. The maximum absolute atomic E-state index is 12.1. The van der Waals surface area contributed by atoms with Crippen LogP contribution in [-0.4, -0.2) is 17.6 Å². The monoisotopic (exact) mass is 343 g/mol. The van der Waals surface area contributed by atoms with E-state index in [1.165, 1.54) is 0 Å². The molecule has 6 heteroatoms. The molecule has 0 aliphatic carbocycles. The lowest BCUT2D eigenvalue weighted by Gasteiger charge is -2.13. The molecule has 24 heavy (non-hydrogen) atoms. The number of carbonyl (C=O) groups is 1. The number of hydrogen-bond acceptors (Lipinski definition) is 3. The van der Waals surface area contributed by atoms with Gasteiger partial charge in [-0.1, -0.05) is 6.07 Å². The fraction of sp³-hybridized carbons (Fsp3) is 0.222. The van der Waals surface area contributed by atoms with Gasteiger partial charge in [-0.15, -0.1) is 0 Å². The SMILES string of the molecule is CCOc1ccc(C(=O)NNC(=S)Nc2cc(C)cc(C)c2)cc1. The minimum Gasteiger partial charge on any atom is -0.494 e. The Bertz CT molecular complexity index is 709. The van der Waals surface area contributed by atoms with Gasteiger partial charge >= 0.3 is 0 Å². The van der Waals surface area contributed by atoms with Gasteiger partial charge in [-0.05, 0) is 80.5 Å². The van der Waals surface area contributed by atoms with E-state index < -0.39 is 0 Å². The highest BCUT2D eigenvalue weighted by Gasteiger charge is 2.06. The predicted molar refractivity (Wildman–Crippen MR) is 100 cm³/mol. The van der Waals surface area contributed by atoms with Crippen molar-refractivity contribution >= 4 is 28.9 Å². The number of benzene rings is 2. The summed E-state index contributed by atoms with van der Waals surface area (Å²) in [6.07, 6.45) is 0. The summed E-state index contributed by atoms with van der Waals surface area (Å²) >= 11 is 5.19. The van der Waals surface area contributed by atoms with Gasteiger partial charge < -0.3 is 10.1 Å². The first kappa shape index (κ1) is 17.7. The standard InChI is InChI=1S/C18H21N3O2S/c1-4-23-16-7-5-14(6-8-16)17(22)20-21-18(24)19-15-10-12(2)9-13(3)11-15/h5-11H,4H2,1-3H3,(H,20,22)(H2,19,21,24). The summed E-state index contributed by atoms with van der Waals surface area (Å²) in [6, 6.07) is 12.9. The zero-order chi connectivity index (χ0) is 17.5. The molecule has 5 nitrogen and oxygen atoms in total. The van der Waals surface area contributed by atoms with E-state index >= 15 is 0 Å². The van der Waals surface area contributed by atoms with Gasteiger partial charge in [0.2, 0.25) is 0 Å². The van der Waals surface area contributed by atoms with Crippen LogP contribution in [0.3, 0.4) is 0 Å². The van der Waals surface area contributed by atoms with Gasteiger partial charge in [0.1, 0.15) is 5.75 Å². The summed E-state index contributed by atoms with van der Waals surface area (Å²) in [5, 5.41) is 3.36. The highest BCUT2D eigenvalue weighted by Crippen LogP contribution is 2.14. The normalized spacial score (nSPS) is 9.96. The molecule has 0 spiro atoms. The van der Waals surface area contributed by atoms with Crippen LogP contribution in [0, 0.1) is 13.8 Å². The van der Waals surface area contributed by atoms with Crippen molar-refractivity contribution in [1.29, 1.82) is 0 Å². The Labute approximate surface area is 147 Å². The summed E-state index contributed by atoms with van der Waals surface area (Å²) in [7, 11) is 0. The Balaban J connectivity index is 1.87. The Morgan fingerprint density at radius 2 is 1.67 bits per heavy atom. The molecule has 0 radical (unpaired) electrons. The molecular weight excluding hydrogens is 322 g/mol. The number of anilines is 1. The second kappa shape index (κ2) is 8.31. The highest BCUT2D eigenvalue weighted by atomic mass is 32.1. The minimum absolute atomic E-state index is 0.275. The quantitative estimate of drug-likeness (QED) is 0.587. The minimum atomic E-state index is -0.275. The van der Waals surface area contributed by atoms with Crippen molar-refractivity contribution in [2.45, 2.75) is 20.8 Å². The summed E-state index contributed by atoms with van der Waals surface area (Å²) < 4.78 is 5.35. The molecule has 0 aliphatic rings. The van der Waals surface area contributed by atoms with Crippen molar-refractivity contribution < 1.29 is 9.53 Å². The van der Waals surface area contributed by atoms with Crippen molar-refractivity contribution in [3.8, 4) is 5.75 Å². The average molecular weight is 343 g/mol. The predicted octanol–water partition coefficient (Wildman–Crippen LogP) is 3.33. The maximum atomic E-state index is 12.1. The molecule has 3 N–H and O–H groups in total. The van der Waals surface area contributed by atoms with Crippen LogP contribution in [0.25, 0.3) is 0 Å². The van der Waals surface area contributed by atoms with Gasteiger partial charge in [-0.2, -0.15) is 0 Å². The molecule has 0 aromatic heterocycles. The van der Waals surface area contributed by atoms with Crippen LogP contribution >= 0.6 is 12.2 Å². The Morgan fingerprint density at radius 3 is 2.25 bits per heavy atom. The number of aryl methyl sites for hydroxylation is 2. The second-order valence-electron chi connectivity index (χ2n) is 5.37. The van der Waals surface area contributed by atoms with Gasteiger partial charge in [-0.3, -0.25) is 15.6 Å². The van der Waals surface area contributed by atoms with E-state index in [2.05, 4.69) is 22.2 Å². The van der Waals surface area contributed by atoms with E-state index in [4.69, 9.17) is 17.0 Å². The molecule has 0 atom stereocenters. The van der Waals surface area contributed by atoms with Crippen molar-refractivity contribution in [3.63, 3.8) is 0 Å². The van der Waals surface area contributed by atoms with E-state index in [9.17, 15) is 4.79 Å². The van der Waals surface area contributed by atoms with Crippen molar-refractivity contribution in [3.05, 3.63) is 59.2 Å².